The zero-order chi connectivity index (χ0) is 24.6. The highest BCUT2D eigenvalue weighted by Crippen LogP contribution is 2.35. The van der Waals surface area contributed by atoms with Gasteiger partial charge in [-0.2, -0.15) is 4.98 Å². The molecule has 3 aromatic heterocycles. The van der Waals surface area contributed by atoms with E-state index < -0.39 is 37.8 Å². The van der Waals surface area contributed by atoms with Crippen LogP contribution in [0.15, 0.2) is 41.6 Å². The first-order chi connectivity index (χ1) is 16.1. The van der Waals surface area contributed by atoms with Gasteiger partial charge in [-0.1, -0.05) is 11.6 Å². The van der Waals surface area contributed by atoms with Crippen LogP contribution in [0, 0.1) is 18.6 Å². The molecule has 34 heavy (non-hydrogen) atoms. The van der Waals surface area contributed by atoms with Crippen LogP contribution >= 0.6 is 11.6 Å². The maximum absolute atomic E-state index is 15.5. The van der Waals surface area contributed by atoms with Crippen molar-refractivity contribution in [2.75, 3.05) is 24.2 Å². The molecule has 3 heterocycles. The van der Waals surface area contributed by atoms with Crippen LogP contribution in [0.2, 0.25) is 5.02 Å². The van der Waals surface area contributed by atoms with Crippen molar-refractivity contribution in [3.05, 3.63) is 59.0 Å². The van der Waals surface area contributed by atoms with Crippen LogP contribution in [0.5, 0.6) is 5.88 Å². The van der Waals surface area contributed by atoms with E-state index >= 15 is 4.39 Å². The number of nitrogens with one attached hydrogen (secondary N) is 2. The summed E-state index contributed by atoms with van der Waals surface area (Å²) in [5.41, 5.74) is -0.211. The molecule has 13 heteroatoms. The third kappa shape index (κ3) is 4.29. The molecular weight excluding hydrogens is 490 g/mol. The lowest BCUT2D eigenvalue weighted by Gasteiger charge is -2.15. The predicted octanol–water partition coefficient (Wildman–Crippen LogP) is 4.18. The number of sulfonamides is 1. The Balaban J connectivity index is 1.82. The molecule has 1 aromatic carbocycles. The number of aryl methyl sites for hydroxylation is 1. The van der Waals surface area contributed by atoms with Crippen LogP contribution in [0.4, 0.5) is 20.4 Å². The van der Waals surface area contributed by atoms with E-state index in [2.05, 4.69) is 30.0 Å². The molecule has 0 aliphatic carbocycles. The van der Waals surface area contributed by atoms with E-state index in [0.29, 0.717) is 17.0 Å². The average Bonchev–Trinajstić information content (AvgIpc) is 2.81. The van der Waals surface area contributed by atoms with Crippen molar-refractivity contribution in [2.45, 2.75) is 11.8 Å². The second-order valence-electron chi connectivity index (χ2n) is 7.03. The summed E-state index contributed by atoms with van der Waals surface area (Å²) in [5.74, 6) is -1.93. The van der Waals surface area contributed by atoms with Gasteiger partial charge in [-0.3, -0.25) is 4.72 Å². The summed E-state index contributed by atoms with van der Waals surface area (Å²) in [6, 6.07) is 4.52. The predicted molar refractivity (Wildman–Crippen MR) is 124 cm³/mol. The van der Waals surface area contributed by atoms with Crippen LogP contribution in [-0.4, -0.2) is 42.5 Å². The number of hydrogen-bond acceptors (Lipinski definition) is 8. The first-order valence-electron chi connectivity index (χ1n) is 9.67. The van der Waals surface area contributed by atoms with Gasteiger partial charge in [-0.25, -0.2) is 32.2 Å². The Morgan fingerprint density at radius 3 is 2.56 bits per heavy atom. The Bertz CT molecular complexity index is 1540. The highest BCUT2D eigenvalue weighted by molar-refractivity contribution is 7.92. The number of aromatic nitrogens is 4. The van der Waals surface area contributed by atoms with Gasteiger partial charge in [0.25, 0.3) is 10.0 Å². The van der Waals surface area contributed by atoms with Gasteiger partial charge in [0.05, 0.1) is 23.4 Å². The Labute approximate surface area is 198 Å². The molecule has 0 unspecified atom stereocenters. The fourth-order valence-corrected chi connectivity index (χ4v) is 4.69. The summed E-state index contributed by atoms with van der Waals surface area (Å²) in [4.78, 5) is 16.0. The lowest BCUT2D eigenvalue weighted by Crippen LogP contribution is -2.16. The molecule has 0 aliphatic rings. The number of nitrogens with zero attached hydrogens (tertiary/aromatic N) is 4. The summed E-state index contributed by atoms with van der Waals surface area (Å²) in [7, 11) is -1.52. The average molecular weight is 507 g/mol. The van der Waals surface area contributed by atoms with Gasteiger partial charge >= 0.3 is 0 Å². The first kappa shape index (κ1) is 23.5. The molecule has 0 amide bonds. The number of pyridine rings is 2. The lowest BCUT2D eigenvalue weighted by molar-refractivity contribution is 0.385. The Hall–Kier alpha value is -3.64. The maximum Gasteiger partial charge on any atom is 0.267 e. The Kier molecular flexibility index (Phi) is 6.19. The normalized spacial score (nSPS) is 11.5. The summed E-state index contributed by atoms with van der Waals surface area (Å²) < 4.78 is 63.3. The highest BCUT2D eigenvalue weighted by Gasteiger charge is 2.25. The third-order valence-electron chi connectivity index (χ3n) is 4.86. The molecule has 0 fully saturated rings. The second kappa shape index (κ2) is 8.95. The number of fused-ring (bicyclic) bond motifs is 1. The van der Waals surface area contributed by atoms with Crippen molar-refractivity contribution < 1.29 is 21.9 Å². The Morgan fingerprint density at radius 1 is 1.09 bits per heavy atom. The van der Waals surface area contributed by atoms with Crippen LogP contribution in [-0.2, 0) is 10.0 Å². The molecule has 0 aliphatic heterocycles. The molecule has 4 aromatic rings. The number of benzene rings is 1. The molecule has 0 atom stereocenters. The van der Waals surface area contributed by atoms with Gasteiger partial charge in [0.2, 0.25) is 11.8 Å². The smallest absolute Gasteiger partial charge is 0.267 e. The number of anilines is 2. The summed E-state index contributed by atoms with van der Waals surface area (Å²) in [6.07, 6.45) is 2.67. The van der Waals surface area contributed by atoms with Crippen molar-refractivity contribution >= 4 is 44.3 Å². The van der Waals surface area contributed by atoms with Crippen molar-refractivity contribution in [3.8, 4) is 17.0 Å². The van der Waals surface area contributed by atoms with Gasteiger partial charge in [0, 0.05) is 36.1 Å². The van der Waals surface area contributed by atoms with Crippen LogP contribution in [0.3, 0.4) is 0 Å². The van der Waals surface area contributed by atoms with Gasteiger partial charge in [0.1, 0.15) is 5.82 Å². The topological polar surface area (TPSA) is 119 Å². The zero-order valence-corrected chi connectivity index (χ0v) is 19.6. The minimum atomic E-state index is -4.39. The summed E-state index contributed by atoms with van der Waals surface area (Å²) >= 11 is 5.87. The molecule has 2 N–H and O–H groups in total. The SMILES string of the molecule is CNc1ncc2cc(-c3c(F)ccc(NS(=O)(=O)c4cc(Cl)cnc4OC)c3F)c(C)nc2n1. The van der Waals surface area contributed by atoms with E-state index in [1.54, 1.807) is 14.0 Å². The zero-order valence-electron chi connectivity index (χ0n) is 18.0. The Morgan fingerprint density at radius 2 is 1.85 bits per heavy atom. The maximum atomic E-state index is 15.5. The number of rotatable bonds is 6. The van der Waals surface area contributed by atoms with Gasteiger partial charge in [0.15, 0.2) is 16.4 Å². The number of ether oxygens (including phenoxy) is 1. The van der Waals surface area contributed by atoms with E-state index in [9.17, 15) is 12.8 Å². The lowest BCUT2D eigenvalue weighted by atomic mass is 10.0. The van der Waals surface area contributed by atoms with E-state index in [4.69, 9.17) is 16.3 Å². The minimum absolute atomic E-state index is 0.0305. The van der Waals surface area contributed by atoms with E-state index in [1.165, 1.54) is 25.6 Å². The van der Waals surface area contributed by atoms with Crippen LogP contribution < -0.4 is 14.8 Å². The van der Waals surface area contributed by atoms with E-state index in [-0.39, 0.29) is 22.2 Å². The van der Waals surface area contributed by atoms with Gasteiger partial charge in [-0.15, -0.1) is 0 Å². The number of methoxy groups -OCH3 is 1. The first-order valence-corrected chi connectivity index (χ1v) is 11.5. The molecular formula is C21H17ClF2N6O3S. The molecule has 0 saturated carbocycles. The second-order valence-corrected chi connectivity index (χ2v) is 9.12. The standard InChI is InChI=1S/C21H17ClF2N6O3S/c1-10-13(6-11-8-27-21(25-2)29-19(11)28-10)17-14(23)4-5-15(18(17)24)30-34(31,32)16-7-12(22)9-26-20(16)33-3/h4-9,30H,1-3H3,(H,25,27,28,29). The quantitative estimate of drug-likeness (QED) is 0.400. The van der Waals surface area contributed by atoms with Gasteiger partial charge < -0.3 is 10.1 Å². The molecule has 176 valence electrons. The van der Waals surface area contributed by atoms with Crippen molar-refractivity contribution in [1.29, 1.82) is 0 Å². The number of halogens is 3. The minimum Gasteiger partial charge on any atom is -0.480 e. The molecule has 0 spiro atoms. The van der Waals surface area contributed by atoms with Crippen LogP contribution in [0.1, 0.15) is 5.69 Å². The highest BCUT2D eigenvalue weighted by atomic mass is 35.5. The van der Waals surface area contributed by atoms with Gasteiger partial charge in [-0.05, 0) is 31.2 Å². The summed E-state index contributed by atoms with van der Waals surface area (Å²) in [5, 5.41) is 3.26. The monoisotopic (exact) mass is 506 g/mol. The summed E-state index contributed by atoms with van der Waals surface area (Å²) in [6.45, 7) is 1.56. The molecule has 9 nitrogen and oxygen atoms in total. The molecule has 0 bridgehead atoms. The third-order valence-corrected chi connectivity index (χ3v) is 6.42. The van der Waals surface area contributed by atoms with E-state index in [1.807, 2.05) is 0 Å². The molecule has 4 rings (SSSR count). The van der Waals surface area contributed by atoms with Crippen molar-refractivity contribution in [2.24, 2.45) is 0 Å². The van der Waals surface area contributed by atoms with Crippen molar-refractivity contribution in [1.82, 2.24) is 19.9 Å². The fourth-order valence-electron chi connectivity index (χ4n) is 3.26. The largest absolute Gasteiger partial charge is 0.480 e. The van der Waals surface area contributed by atoms with Crippen molar-refractivity contribution in [3.63, 3.8) is 0 Å². The van der Waals surface area contributed by atoms with Crippen LogP contribution in [0.25, 0.3) is 22.2 Å². The van der Waals surface area contributed by atoms with E-state index in [0.717, 1.165) is 18.2 Å². The fraction of sp³-hybridized carbons (Fsp3) is 0.143. The number of hydrogen-bond donors (Lipinski definition) is 2. The molecule has 0 radical (unpaired) electrons. The molecule has 0 saturated heterocycles.